The van der Waals surface area contributed by atoms with Crippen molar-refractivity contribution in [1.82, 2.24) is 9.80 Å². The van der Waals surface area contributed by atoms with Gasteiger partial charge in [-0.3, -0.25) is 9.59 Å². The highest BCUT2D eigenvalue weighted by molar-refractivity contribution is 5.90. The smallest absolute Gasteiger partial charge is 0.228 e. The first kappa shape index (κ1) is 23.7. The van der Waals surface area contributed by atoms with Crippen molar-refractivity contribution in [3.05, 3.63) is 59.7 Å². The zero-order valence-corrected chi connectivity index (χ0v) is 20.2. The number of methoxy groups -OCH3 is 3. The number of hydrogen-bond acceptors (Lipinski definition) is 5. The number of carbonyl (C=O) groups excluding carboxylic acids is 2. The molecule has 2 aliphatic rings. The lowest BCUT2D eigenvalue weighted by atomic mass is 9.96. The Balaban J connectivity index is 1.46. The van der Waals surface area contributed by atoms with E-state index in [1.165, 1.54) is 0 Å². The molecule has 7 heteroatoms. The number of nitrogens with zero attached hydrogens (tertiary/aromatic N) is 2. The van der Waals surface area contributed by atoms with Crippen LogP contribution in [0.5, 0.6) is 17.2 Å². The van der Waals surface area contributed by atoms with Gasteiger partial charge >= 0.3 is 0 Å². The summed E-state index contributed by atoms with van der Waals surface area (Å²) in [4.78, 5) is 29.7. The van der Waals surface area contributed by atoms with Gasteiger partial charge in [0.25, 0.3) is 0 Å². The van der Waals surface area contributed by atoms with Gasteiger partial charge in [0.15, 0.2) is 0 Å². The predicted octanol–water partition coefficient (Wildman–Crippen LogP) is 3.94. The van der Waals surface area contributed by atoms with Crippen molar-refractivity contribution in [2.24, 2.45) is 5.92 Å². The SMILES string of the molecule is COc1cc(OC)c(C2=CCN(C(=O)C3CC(=O)N(C(C)c4ccccc4)C3)CC2)c(OC)c1. The molecule has 34 heavy (non-hydrogen) atoms. The molecule has 1 saturated heterocycles. The van der Waals surface area contributed by atoms with Crippen LogP contribution < -0.4 is 14.2 Å². The van der Waals surface area contributed by atoms with Crippen molar-refractivity contribution in [2.45, 2.75) is 25.8 Å². The molecule has 0 saturated carbocycles. The molecular formula is C27H32N2O5. The van der Waals surface area contributed by atoms with Gasteiger partial charge in [-0.1, -0.05) is 36.4 Å². The third kappa shape index (κ3) is 4.60. The lowest BCUT2D eigenvalue weighted by Gasteiger charge is -2.30. The summed E-state index contributed by atoms with van der Waals surface area (Å²) in [6.45, 7) is 3.56. The van der Waals surface area contributed by atoms with E-state index >= 15 is 0 Å². The molecule has 0 spiro atoms. The van der Waals surface area contributed by atoms with E-state index in [4.69, 9.17) is 14.2 Å². The monoisotopic (exact) mass is 464 g/mol. The van der Waals surface area contributed by atoms with Crippen molar-refractivity contribution < 1.29 is 23.8 Å². The van der Waals surface area contributed by atoms with Crippen LogP contribution in [0.2, 0.25) is 0 Å². The maximum absolute atomic E-state index is 13.3. The molecule has 0 N–H and O–H groups in total. The van der Waals surface area contributed by atoms with Crippen LogP contribution in [0.25, 0.3) is 5.57 Å². The molecule has 0 aromatic heterocycles. The first-order valence-electron chi connectivity index (χ1n) is 11.6. The van der Waals surface area contributed by atoms with E-state index < -0.39 is 0 Å². The van der Waals surface area contributed by atoms with Gasteiger partial charge in [0.05, 0.1) is 38.9 Å². The van der Waals surface area contributed by atoms with E-state index in [0.717, 1.165) is 16.7 Å². The highest BCUT2D eigenvalue weighted by Gasteiger charge is 2.39. The molecule has 0 radical (unpaired) electrons. The van der Waals surface area contributed by atoms with E-state index in [1.807, 2.05) is 59.2 Å². The van der Waals surface area contributed by atoms with Crippen LogP contribution in [-0.2, 0) is 9.59 Å². The van der Waals surface area contributed by atoms with Gasteiger partial charge in [-0.05, 0) is 24.5 Å². The quantitative estimate of drug-likeness (QED) is 0.621. The number of rotatable bonds is 7. The minimum absolute atomic E-state index is 0.0376. The van der Waals surface area contributed by atoms with Gasteiger partial charge < -0.3 is 24.0 Å². The summed E-state index contributed by atoms with van der Waals surface area (Å²) in [7, 11) is 4.85. The highest BCUT2D eigenvalue weighted by Crippen LogP contribution is 2.41. The van der Waals surface area contributed by atoms with Crippen molar-refractivity contribution in [3.8, 4) is 17.2 Å². The summed E-state index contributed by atoms with van der Waals surface area (Å²) in [5, 5.41) is 0. The van der Waals surface area contributed by atoms with Crippen LogP contribution in [0, 0.1) is 5.92 Å². The standard InChI is InChI=1S/C27H32N2O5/c1-18(19-8-6-5-7-9-19)29-17-21(14-25(29)30)27(31)28-12-10-20(11-13-28)26-23(33-3)15-22(32-2)16-24(26)34-4/h5-10,15-16,18,21H,11-14,17H2,1-4H3. The van der Waals surface area contributed by atoms with E-state index in [2.05, 4.69) is 6.08 Å². The van der Waals surface area contributed by atoms with Crippen molar-refractivity contribution in [2.75, 3.05) is 41.0 Å². The van der Waals surface area contributed by atoms with Crippen LogP contribution >= 0.6 is 0 Å². The Kier molecular flexibility index (Phi) is 7.10. The maximum atomic E-state index is 13.3. The number of ether oxygens (including phenoxy) is 3. The zero-order chi connectivity index (χ0) is 24.2. The van der Waals surface area contributed by atoms with E-state index in [9.17, 15) is 9.59 Å². The summed E-state index contributed by atoms with van der Waals surface area (Å²) < 4.78 is 16.5. The Morgan fingerprint density at radius 1 is 1.03 bits per heavy atom. The third-order valence-electron chi connectivity index (χ3n) is 6.81. The molecule has 2 atom stereocenters. The fourth-order valence-corrected chi connectivity index (χ4v) is 4.86. The minimum atomic E-state index is -0.307. The fourth-order valence-electron chi connectivity index (χ4n) is 4.86. The average molecular weight is 465 g/mol. The van der Waals surface area contributed by atoms with Crippen molar-refractivity contribution >= 4 is 17.4 Å². The molecule has 2 unspecified atom stereocenters. The Morgan fingerprint density at radius 3 is 2.26 bits per heavy atom. The Hall–Kier alpha value is -3.48. The molecule has 2 aliphatic heterocycles. The molecule has 7 nitrogen and oxygen atoms in total. The molecule has 1 fully saturated rings. The summed E-state index contributed by atoms with van der Waals surface area (Å²) in [6, 6.07) is 13.6. The first-order valence-corrected chi connectivity index (χ1v) is 11.6. The Morgan fingerprint density at radius 2 is 1.71 bits per heavy atom. The molecule has 0 aliphatic carbocycles. The van der Waals surface area contributed by atoms with Crippen LogP contribution in [0.1, 0.15) is 36.9 Å². The van der Waals surface area contributed by atoms with Gasteiger partial charge in [0.1, 0.15) is 17.2 Å². The van der Waals surface area contributed by atoms with Gasteiger partial charge in [0, 0.05) is 38.2 Å². The molecule has 180 valence electrons. The third-order valence-corrected chi connectivity index (χ3v) is 6.81. The minimum Gasteiger partial charge on any atom is -0.496 e. The van der Waals surface area contributed by atoms with Gasteiger partial charge in [-0.2, -0.15) is 0 Å². The van der Waals surface area contributed by atoms with Gasteiger partial charge in [-0.15, -0.1) is 0 Å². The van der Waals surface area contributed by atoms with E-state index in [0.29, 0.717) is 43.3 Å². The second-order valence-electron chi connectivity index (χ2n) is 8.70. The second-order valence-corrected chi connectivity index (χ2v) is 8.70. The lowest BCUT2D eigenvalue weighted by molar-refractivity contribution is -0.135. The molecular weight excluding hydrogens is 432 g/mol. The zero-order valence-electron chi connectivity index (χ0n) is 20.2. The van der Waals surface area contributed by atoms with E-state index in [-0.39, 0.29) is 30.2 Å². The van der Waals surface area contributed by atoms with Crippen LogP contribution in [0.15, 0.2) is 48.5 Å². The van der Waals surface area contributed by atoms with Gasteiger partial charge in [-0.25, -0.2) is 0 Å². The highest BCUT2D eigenvalue weighted by atomic mass is 16.5. The summed E-state index contributed by atoms with van der Waals surface area (Å²) in [6.07, 6.45) is 2.99. The molecule has 4 rings (SSSR count). The molecule has 2 aromatic rings. The van der Waals surface area contributed by atoms with Crippen LogP contribution in [0.4, 0.5) is 0 Å². The largest absolute Gasteiger partial charge is 0.496 e. The van der Waals surface area contributed by atoms with Crippen molar-refractivity contribution in [1.29, 1.82) is 0 Å². The van der Waals surface area contributed by atoms with E-state index in [1.54, 1.807) is 21.3 Å². The number of hydrogen-bond donors (Lipinski definition) is 0. The first-order chi connectivity index (χ1) is 16.5. The maximum Gasteiger partial charge on any atom is 0.228 e. The number of amides is 2. The predicted molar refractivity (Wildman–Crippen MR) is 130 cm³/mol. The molecule has 0 bridgehead atoms. The molecule has 2 aromatic carbocycles. The topological polar surface area (TPSA) is 68.3 Å². The normalized spacial score (nSPS) is 19.0. The Labute approximate surface area is 200 Å². The molecule has 2 amide bonds. The second kappa shape index (κ2) is 10.2. The number of likely N-dealkylation sites (tertiary alicyclic amines) is 1. The summed E-state index contributed by atoms with van der Waals surface area (Å²) in [5.74, 6) is 1.78. The Bertz CT molecular complexity index is 1060. The lowest BCUT2D eigenvalue weighted by Crippen LogP contribution is -2.40. The van der Waals surface area contributed by atoms with Gasteiger partial charge in [0.2, 0.25) is 11.8 Å². The van der Waals surface area contributed by atoms with Crippen molar-refractivity contribution in [3.63, 3.8) is 0 Å². The van der Waals surface area contributed by atoms with Crippen LogP contribution in [-0.4, -0.2) is 62.6 Å². The summed E-state index contributed by atoms with van der Waals surface area (Å²) in [5.41, 5.74) is 3.04. The fraction of sp³-hybridized carbons (Fsp3) is 0.407. The summed E-state index contributed by atoms with van der Waals surface area (Å²) >= 11 is 0. The molecule has 2 heterocycles. The van der Waals surface area contributed by atoms with Crippen LogP contribution in [0.3, 0.4) is 0 Å². The average Bonchev–Trinajstić information content (AvgIpc) is 3.28. The number of benzene rings is 2. The number of carbonyl (C=O) groups is 2.